The van der Waals surface area contributed by atoms with Crippen LogP contribution in [0.15, 0.2) is 18.2 Å². The maximum absolute atomic E-state index is 11.7. The first-order valence-corrected chi connectivity index (χ1v) is 5.39. The van der Waals surface area contributed by atoms with Crippen molar-refractivity contribution in [2.24, 2.45) is 0 Å². The highest BCUT2D eigenvalue weighted by atomic mass is 127. The van der Waals surface area contributed by atoms with E-state index in [0.29, 0.717) is 3.57 Å². The number of nitrogens with one attached hydrogen (secondary N) is 1. The van der Waals surface area contributed by atoms with Crippen molar-refractivity contribution in [2.75, 3.05) is 6.54 Å². The lowest BCUT2D eigenvalue weighted by Crippen LogP contribution is -2.26. The minimum atomic E-state index is -1.13. The highest BCUT2D eigenvalue weighted by Crippen LogP contribution is 2.17. The summed E-state index contributed by atoms with van der Waals surface area (Å²) in [5.41, 5.74) is 0.118. The number of hydrogen-bond acceptors (Lipinski definition) is 2. The molecule has 0 aromatic heterocycles. The zero-order valence-corrected chi connectivity index (χ0v) is 10.3. The summed E-state index contributed by atoms with van der Waals surface area (Å²) < 4.78 is 0.576. The highest BCUT2D eigenvalue weighted by Gasteiger charge is 2.18. The molecular formula is C11H8INO3. The highest BCUT2D eigenvalue weighted by molar-refractivity contribution is 14.1. The van der Waals surface area contributed by atoms with Crippen LogP contribution in [0.4, 0.5) is 0 Å². The molecule has 0 saturated carbocycles. The number of carbonyl (C=O) groups excluding carboxylic acids is 1. The molecule has 0 aliphatic rings. The van der Waals surface area contributed by atoms with Gasteiger partial charge in [0.15, 0.2) is 0 Å². The van der Waals surface area contributed by atoms with E-state index in [1.54, 1.807) is 12.1 Å². The topological polar surface area (TPSA) is 66.4 Å². The first-order valence-electron chi connectivity index (χ1n) is 4.31. The van der Waals surface area contributed by atoms with Gasteiger partial charge in [-0.3, -0.25) is 4.79 Å². The maximum atomic E-state index is 11.7. The first-order chi connectivity index (χ1) is 7.57. The van der Waals surface area contributed by atoms with Gasteiger partial charge < -0.3 is 10.4 Å². The van der Waals surface area contributed by atoms with E-state index in [1.807, 2.05) is 22.6 Å². The number of carboxylic acids is 1. The van der Waals surface area contributed by atoms with Crippen molar-refractivity contribution in [1.29, 1.82) is 0 Å². The predicted octanol–water partition coefficient (Wildman–Crippen LogP) is 1.35. The molecule has 4 nitrogen and oxygen atoms in total. The van der Waals surface area contributed by atoms with Crippen LogP contribution >= 0.6 is 22.6 Å². The zero-order chi connectivity index (χ0) is 12.1. The average Bonchev–Trinajstić information content (AvgIpc) is 2.25. The van der Waals surface area contributed by atoms with Crippen LogP contribution in [0.2, 0.25) is 0 Å². The van der Waals surface area contributed by atoms with E-state index in [-0.39, 0.29) is 17.7 Å². The first kappa shape index (κ1) is 12.5. The average molecular weight is 329 g/mol. The van der Waals surface area contributed by atoms with Crippen molar-refractivity contribution < 1.29 is 14.7 Å². The summed E-state index contributed by atoms with van der Waals surface area (Å²) in [6.07, 6.45) is 5.01. The van der Waals surface area contributed by atoms with Crippen LogP contribution in [-0.4, -0.2) is 23.5 Å². The number of carboxylic acid groups (broad SMARTS) is 1. The minimum absolute atomic E-state index is 0.0265. The smallest absolute Gasteiger partial charge is 0.336 e. The monoisotopic (exact) mass is 329 g/mol. The van der Waals surface area contributed by atoms with Gasteiger partial charge in [-0.05, 0) is 34.7 Å². The quantitative estimate of drug-likeness (QED) is 0.650. The van der Waals surface area contributed by atoms with Gasteiger partial charge in [0, 0.05) is 3.57 Å². The molecule has 1 aromatic carbocycles. The Morgan fingerprint density at radius 3 is 2.75 bits per heavy atom. The van der Waals surface area contributed by atoms with Crippen LogP contribution in [0.5, 0.6) is 0 Å². The van der Waals surface area contributed by atoms with Gasteiger partial charge in [-0.2, -0.15) is 0 Å². The minimum Gasteiger partial charge on any atom is -0.478 e. The fourth-order valence-electron chi connectivity index (χ4n) is 1.15. The Balaban J connectivity index is 3.16. The van der Waals surface area contributed by atoms with Crippen LogP contribution in [0.1, 0.15) is 20.7 Å². The molecule has 2 N–H and O–H groups in total. The second kappa shape index (κ2) is 5.51. The molecule has 5 heteroatoms. The van der Waals surface area contributed by atoms with E-state index >= 15 is 0 Å². The van der Waals surface area contributed by atoms with Crippen LogP contribution in [0.25, 0.3) is 0 Å². The number of benzene rings is 1. The molecule has 1 aromatic rings. The lowest BCUT2D eigenvalue weighted by atomic mass is 10.1. The summed E-state index contributed by atoms with van der Waals surface area (Å²) in [5.74, 6) is 0.648. The van der Waals surface area contributed by atoms with Gasteiger partial charge in [-0.15, -0.1) is 6.42 Å². The van der Waals surface area contributed by atoms with Crippen molar-refractivity contribution >= 4 is 34.5 Å². The SMILES string of the molecule is C#CCNC(=O)c1c(I)cccc1C(=O)O. The van der Waals surface area contributed by atoms with E-state index in [9.17, 15) is 9.59 Å². The molecule has 0 saturated heterocycles. The van der Waals surface area contributed by atoms with Gasteiger partial charge in [0.2, 0.25) is 0 Å². The lowest BCUT2D eigenvalue weighted by molar-refractivity contribution is 0.0691. The number of hydrogen-bond donors (Lipinski definition) is 2. The molecule has 0 unspecified atom stereocenters. The molecule has 0 aliphatic heterocycles. The van der Waals surface area contributed by atoms with Crippen LogP contribution in [0.3, 0.4) is 0 Å². The Morgan fingerprint density at radius 2 is 2.19 bits per heavy atom. The maximum Gasteiger partial charge on any atom is 0.336 e. The molecule has 0 spiro atoms. The number of terminal acetylenes is 1. The van der Waals surface area contributed by atoms with Gasteiger partial charge >= 0.3 is 5.97 Å². The number of halogens is 1. The van der Waals surface area contributed by atoms with Gasteiger partial charge in [-0.25, -0.2) is 4.79 Å². The molecule has 0 atom stereocenters. The van der Waals surface area contributed by atoms with E-state index in [4.69, 9.17) is 11.5 Å². The second-order valence-corrected chi connectivity index (χ2v) is 4.02. The Kier molecular flexibility index (Phi) is 4.31. The van der Waals surface area contributed by atoms with Gasteiger partial charge in [-0.1, -0.05) is 12.0 Å². The lowest BCUT2D eigenvalue weighted by Gasteiger charge is -2.07. The molecule has 1 amide bonds. The summed E-state index contributed by atoms with van der Waals surface area (Å²) in [7, 11) is 0. The van der Waals surface area contributed by atoms with Crippen LogP contribution < -0.4 is 5.32 Å². The largest absolute Gasteiger partial charge is 0.478 e. The zero-order valence-electron chi connectivity index (χ0n) is 8.16. The molecule has 0 radical (unpaired) electrons. The third kappa shape index (κ3) is 2.73. The number of carbonyl (C=O) groups is 2. The third-order valence-electron chi connectivity index (χ3n) is 1.82. The standard InChI is InChI=1S/C11H8INO3/c1-2-6-13-10(14)9-7(11(15)16)4-3-5-8(9)12/h1,3-5H,6H2,(H,13,14)(H,15,16). The van der Waals surface area contributed by atoms with E-state index in [0.717, 1.165) is 0 Å². The third-order valence-corrected chi connectivity index (χ3v) is 2.72. The molecular weight excluding hydrogens is 321 g/mol. The normalized spacial score (nSPS) is 9.25. The van der Waals surface area contributed by atoms with Gasteiger partial charge in [0.1, 0.15) is 0 Å². The molecule has 1 rings (SSSR count). The predicted molar refractivity (Wildman–Crippen MR) is 67.3 cm³/mol. The molecule has 0 bridgehead atoms. The van der Waals surface area contributed by atoms with Gasteiger partial charge in [0.05, 0.1) is 17.7 Å². The van der Waals surface area contributed by atoms with Crippen molar-refractivity contribution in [2.45, 2.75) is 0 Å². The van der Waals surface area contributed by atoms with E-state index < -0.39 is 11.9 Å². The number of amides is 1. The van der Waals surface area contributed by atoms with E-state index in [2.05, 4.69) is 11.2 Å². The van der Waals surface area contributed by atoms with Gasteiger partial charge in [0.25, 0.3) is 5.91 Å². The van der Waals surface area contributed by atoms with Crippen LogP contribution in [-0.2, 0) is 0 Å². The second-order valence-electron chi connectivity index (χ2n) is 2.85. The Morgan fingerprint density at radius 1 is 1.50 bits per heavy atom. The van der Waals surface area contributed by atoms with Crippen molar-refractivity contribution in [3.8, 4) is 12.3 Å². The molecule has 0 heterocycles. The summed E-state index contributed by atoms with van der Waals surface area (Å²) in [6, 6.07) is 4.64. The molecule has 16 heavy (non-hydrogen) atoms. The summed E-state index contributed by atoms with van der Waals surface area (Å²) in [5, 5.41) is 11.4. The number of rotatable bonds is 3. The van der Waals surface area contributed by atoms with E-state index in [1.165, 1.54) is 6.07 Å². The Hall–Kier alpha value is -1.55. The number of aromatic carboxylic acids is 1. The Bertz CT molecular complexity index is 477. The molecule has 0 fully saturated rings. The summed E-state index contributed by atoms with van der Waals surface area (Å²) in [6.45, 7) is 0.0723. The van der Waals surface area contributed by atoms with Crippen molar-refractivity contribution in [3.63, 3.8) is 0 Å². The molecule has 82 valence electrons. The summed E-state index contributed by atoms with van der Waals surface area (Å²) in [4.78, 5) is 22.6. The summed E-state index contributed by atoms with van der Waals surface area (Å²) >= 11 is 1.91. The van der Waals surface area contributed by atoms with Crippen molar-refractivity contribution in [1.82, 2.24) is 5.32 Å². The Labute approximate surface area is 106 Å². The fourth-order valence-corrected chi connectivity index (χ4v) is 1.90. The molecule has 0 aliphatic carbocycles. The fraction of sp³-hybridized carbons (Fsp3) is 0.0909. The van der Waals surface area contributed by atoms with Crippen molar-refractivity contribution in [3.05, 3.63) is 32.9 Å². The van der Waals surface area contributed by atoms with Crippen LogP contribution in [0, 0.1) is 15.9 Å².